The standard InChI is InChI=1S/C32H33F3N8O3/c1-5-27(44)37-23-11-24(26(45-4)12-25(23)42-16-31(17-42)18-46-19-31)38-30-36-13-22(32(33,34)35)29(39-30)43-15-21(14-41(2)3)28(40-43)20-9-7-6-8-10-20/h5-13,15H,1,14,16-19H2,2-4H3,(H,37,44)(H,36,38,39). The average molecular weight is 635 g/mol. The first-order valence-corrected chi connectivity index (χ1v) is 14.5. The number of methoxy groups -OCH3 is 1. The van der Waals surface area contributed by atoms with Crippen LogP contribution in [-0.2, 0) is 22.3 Å². The molecule has 0 atom stereocenters. The highest BCUT2D eigenvalue weighted by Crippen LogP contribution is 2.46. The first-order valence-electron chi connectivity index (χ1n) is 14.5. The Labute approximate surface area is 263 Å². The van der Waals surface area contributed by atoms with Gasteiger partial charge in [-0.05, 0) is 26.2 Å². The van der Waals surface area contributed by atoms with Gasteiger partial charge in [0.25, 0.3) is 0 Å². The number of hydrogen-bond acceptors (Lipinski definition) is 9. The summed E-state index contributed by atoms with van der Waals surface area (Å²) < 4.78 is 55.0. The van der Waals surface area contributed by atoms with E-state index in [9.17, 15) is 18.0 Å². The van der Waals surface area contributed by atoms with Gasteiger partial charge in [-0.15, -0.1) is 0 Å². The van der Waals surface area contributed by atoms with Gasteiger partial charge in [0.05, 0.1) is 48.5 Å². The molecule has 4 aromatic rings. The zero-order valence-corrected chi connectivity index (χ0v) is 25.6. The largest absolute Gasteiger partial charge is 0.494 e. The Morgan fingerprint density at radius 1 is 1.17 bits per heavy atom. The zero-order valence-electron chi connectivity index (χ0n) is 25.6. The molecular formula is C32H33F3N8O3. The second kappa shape index (κ2) is 12.1. The maximum absolute atomic E-state index is 14.3. The number of alkyl halides is 3. The Hall–Kier alpha value is -4.95. The van der Waals surface area contributed by atoms with E-state index in [0.717, 1.165) is 46.9 Å². The van der Waals surface area contributed by atoms with Crippen LogP contribution in [0.4, 0.5) is 36.2 Å². The molecular weight excluding hydrogens is 601 g/mol. The summed E-state index contributed by atoms with van der Waals surface area (Å²) in [7, 11) is 5.21. The van der Waals surface area contributed by atoms with Gasteiger partial charge in [-0.25, -0.2) is 9.67 Å². The fraction of sp³-hybridized carbons (Fsp3) is 0.312. The van der Waals surface area contributed by atoms with Crippen LogP contribution in [0.1, 0.15) is 11.1 Å². The van der Waals surface area contributed by atoms with Crippen molar-refractivity contribution in [1.29, 1.82) is 0 Å². The highest BCUT2D eigenvalue weighted by molar-refractivity contribution is 6.02. The van der Waals surface area contributed by atoms with Crippen LogP contribution in [0.15, 0.2) is 67.5 Å². The minimum Gasteiger partial charge on any atom is -0.494 e. The summed E-state index contributed by atoms with van der Waals surface area (Å²) in [5.74, 6) is -0.623. The first kappa shape index (κ1) is 31.0. The number of rotatable bonds is 10. The molecule has 240 valence electrons. The molecule has 6 rings (SSSR count). The summed E-state index contributed by atoms with van der Waals surface area (Å²) in [5, 5.41) is 10.4. The summed E-state index contributed by atoms with van der Waals surface area (Å²) in [6.45, 7) is 6.84. The van der Waals surface area contributed by atoms with Gasteiger partial charge in [0.15, 0.2) is 5.82 Å². The lowest BCUT2D eigenvalue weighted by Gasteiger charge is -2.56. The number of amides is 1. The molecule has 2 aromatic carbocycles. The Kier molecular flexibility index (Phi) is 8.17. The third-order valence-corrected chi connectivity index (χ3v) is 7.83. The van der Waals surface area contributed by atoms with Crippen LogP contribution in [-0.4, -0.2) is 78.1 Å². The fourth-order valence-corrected chi connectivity index (χ4v) is 5.63. The number of ether oxygens (including phenoxy) is 2. The van der Waals surface area contributed by atoms with Gasteiger partial charge in [-0.2, -0.15) is 23.3 Å². The van der Waals surface area contributed by atoms with Gasteiger partial charge in [0.2, 0.25) is 11.9 Å². The quantitative estimate of drug-likeness (QED) is 0.230. The van der Waals surface area contributed by atoms with E-state index >= 15 is 0 Å². The van der Waals surface area contributed by atoms with Crippen LogP contribution in [0.2, 0.25) is 0 Å². The Balaban J connectivity index is 1.40. The van der Waals surface area contributed by atoms with Gasteiger partial charge >= 0.3 is 6.18 Å². The summed E-state index contributed by atoms with van der Waals surface area (Å²) in [6.07, 6.45) is -1.32. The molecule has 2 aromatic heterocycles. The Morgan fingerprint density at radius 2 is 1.91 bits per heavy atom. The molecule has 4 heterocycles. The van der Waals surface area contributed by atoms with E-state index in [0.29, 0.717) is 42.6 Å². The third kappa shape index (κ3) is 6.13. The molecule has 2 N–H and O–H groups in total. The third-order valence-electron chi connectivity index (χ3n) is 7.83. The van der Waals surface area contributed by atoms with Crippen molar-refractivity contribution in [3.63, 3.8) is 0 Å². The molecule has 1 amide bonds. The summed E-state index contributed by atoms with van der Waals surface area (Å²) in [5.41, 5.74) is 2.59. The number of halogens is 3. The zero-order chi connectivity index (χ0) is 32.6. The molecule has 14 heteroatoms. The van der Waals surface area contributed by atoms with Crippen molar-refractivity contribution in [3.05, 3.63) is 78.6 Å². The first-order chi connectivity index (χ1) is 22.0. The van der Waals surface area contributed by atoms with E-state index in [2.05, 4.69) is 37.2 Å². The van der Waals surface area contributed by atoms with Crippen molar-refractivity contribution in [2.75, 3.05) is 63.0 Å². The van der Waals surface area contributed by atoms with Gasteiger partial charge in [-0.1, -0.05) is 36.9 Å². The SMILES string of the molecule is C=CC(=O)Nc1cc(Nc2ncc(C(F)(F)F)c(-n3cc(CN(C)C)c(-c4ccccc4)n3)n2)c(OC)cc1N1CC2(COC2)C1. The van der Waals surface area contributed by atoms with Gasteiger partial charge in [0, 0.05) is 49.2 Å². The van der Waals surface area contributed by atoms with Gasteiger partial charge in [0.1, 0.15) is 11.3 Å². The maximum atomic E-state index is 14.3. The van der Waals surface area contributed by atoms with Crippen LogP contribution in [0.3, 0.4) is 0 Å². The van der Waals surface area contributed by atoms with Crippen molar-refractivity contribution in [1.82, 2.24) is 24.6 Å². The molecule has 2 aliphatic heterocycles. The molecule has 2 fully saturated rings. The Bertz CT molecular complexity index is 1760. The summed E-state index contributed by atoms with van der Waals surface area (Å²) in [4.78, 5) is 24.7. The van der Waals surface area contributed by atoms with Crippen molar-refractivity contribution in [3.8, 4) is 22.8 Å². The van der Waals surface area contributed by atoms with Gasteiger partial charge < -0.3 is 29.9 Å². The fourth-order valence-electron chi connectivity index (χ4n) is 5.63. The van der Waals surface area contributed by atoms with Crippen molar-refractivity contribution >= 4 is 28.9 Å². The predicted octanol–water partition coefficient (Wildman–Crippen LogP) is 5.12. The molecule has 0 aliphatic carbocycles. The second-order valence-corrected chi connectivity index (χ2v) is 11.7. The Morgan fingerprint density at radius 3 is 2.52 bits per heavy atom. The monoisotopic (exact) mass is 634 g/mol. The molecule has 46 heavy (non-hydrogen) atoms. The number of nitrogens with one attached hydrogen (secondary N) is 2. The lowest BCUT2D eigenvalue weighted by atomic mass is 9.77. The van der Waals surface area contributed by atoms with E-state index in [1.54, 1.807) is 18.3 Å². The van der Waals surface area contributed by atoms with E-state index < -0.39 is 23.5 Å². The van der Waals surface area contributed by atoms with Crippen LogP contribution in [0, 0.1) is 5.41 Å². The van der Waals surface area contributed by atoms with Crippen molar-refractivity contribution in [2.24, 2.45) is 5.41 Å². The van der Waals surface area contributed by atoms with Crippen LogP contribution < -0.4 is 20.3 Å². The second-order valence-electron chi connectivity index (χ2n) is 11.7. The topological polar surface area (TPSA) is 110 Å². The van der Waals surface area contributed by atoms with E-state index in [1.807, 2.05) is 49.3 Å². The number of aromatic nitrogens is 4. The number of anilines is 4. The molecule has 11 nitrogen and oxygen atoms in total. The predicted molar refractivity (Wildman–Crippen MR) is 168 cm³/mol. The molecule has 2 saturated heterocycles. The lowest BCUT2D eigenvalue weighted by molar-refractivity contribution is -0.138. The minimum absolute atomic E-state index is 0.105. The number of carbonyl (C=O) groups excluding carboxylic acids is 1. The van der Waals surface area contributed by atoms with Crippen LogP contribution >= 0.6 is 0 Å². The summed E-state index contributed by atoms with van der Waals surface area (Å²) >= 11 is 0. The minimum atomic E-state index is -4.75. The maximum Gasteiger partial charge on any atom is 0.421 e. The van der Waals surface area contributed by atoms with Crippen LogP contribution in [0.25, 0.3) is 17.1 Å². The smallest absolute Gasteiger partial charge is 0.421 e. The molecule has 2 aliphatic rings. The number of nitrogens with zero attached hydrogens (tertiary/aromatic N) is 6. The average Bonchev–Trinajstić information content (AvgIpc) is 3.39. The molecule has 0 bridgehead atoms. The molecule has 0 saturated carbocycles. The molecule has 0 unspecified atom stereocenters. The van der Waals surface area contributed by atoms with E-state index in [-0.39, 0.29) is 11.4 Å². The normalized spacial score (nSPS) is 15.3. The summed E-state index contributed by atoms with van der Waals surface area (Å²) in [6, 6.07) is 12.6. The lowest BCUT2D eigenvalue weighted by Crippen LogP contribution is -2.66. The van der Waals surface area contributed by atoms with Crippen LogP contribution in [0.5, 0.6) is 5.75 Å². The van der Waals surface area contributed by atoms with Crippen molar-refractivity contribution < 1.29 is 27.4 Å². The number of carbonyl (C=O) groups is 1. The molecule has 1 spiro atoms. The van der Waals surface area contributed by atoms with Gasteiger partial charge in [-0.3, -0.25) is 4.79 Å². The number of benzene rings is 2. The highest BCUT2D eigenvalue weighted by atomic mass is 19.4. The van der Waals surface area contributed by atoms with Crippen molar-refractivity contribution in [2.45, 2.75) is 12.7 Å². The number of hydrogen-bond donors (Lipinski definition) is 2. The highest BCUT2D eigenvalue weighted by Gasteiger charge is 2.49. The van der Waals surface area contributed by atoms with E-state index in [4.69, 9.17) is 9.47 Å². The van der Waals surface area contributed by atoms with E-state index in [1.165, 1.54) is 7.11 Å². The molecule has 0 radical (unpaired) electrons.